The molecule has 0 spiro atoms. The van der Waals surface area contributed by atoms with Gasteiger partial charge in [-0.25, -0.2) is 0 Å². The first-order valence-corrected chi connectivity index (χ1v) is 26.5. The van der Waals surface area contributed by atoms with Crippen LogP contribution in [0.4, 0.5) is 0 Å². The van der Waals surface area contributed by atoms with Crippen LogP contribution in [-0.2, 0) is 23.8 Å². The zero-order valence-electron chi connectivity index (χ0n) is 41.1. The van der Waals surface area contributed by atoms with Gasteiger partial charge >= 0.3 is 11.9 Å². The lowest BCUT2D eigenvalue weighted by molar-refractivity contribution is -0.163. The van der Waals surface area contributed by atoms with Gasteiger partial charge in [0.2, 0.25) is 0 Å². The molecular weight excluding hydrogens is 765 g/mol. The highest BCUT2D eigenvalue weighted by Gasteiger charge is 2.17. The number of hydrogen-bond donors (Lipinski definition) is 0. The van der Waals surface area contributed by atoms with Crippen molar-refractivity contribution in [2.24, 2.45) is 0 Å². The highest BCUT2D eigenvalue weighted by molar-refractivity contribution is 5.70. The first-order valence-electron chi connectivity index (χ1n) is 26.5. The van der Waals surface area contributed by atoms with Gasteiger partial charge in [0.15, 0.2) is 6.10 Å². The van der Waals surface area contributed by atoms with Crippen molar-refractivity contribution in [1.29, 1.82) is 0 Å². The van der Waals surface area contributed by atoms with Crippen molar-refractivity contribution in [3.8, 4) is 0 Å². The molecule has 0 saturated heterocycles. The first-order chi connectivity index (χ1) is 30.6. The van der Waals surface area contributed by atoms with Crippen molar-refractivity contribution in [1.82, 2.24) is 0 Å². The number of carbonyl (C=O) groups is 2. The minimum Gasteiger partial charge on any atom is -0.462 e. The van der Waals surface area contributed by atoms with Crippen LogP contribution in [0.5, 0.6) is 0 Å². The van der Waals surface area contributed by atoms with Gasteiger partial charge in [0, 0.05) is 19.4 Å². The minimum atomic E-state index is -0.554. The lowest BCUT2D eigenvalue weighted by Gasteiger charge is -2.18. The average Bonchev–Trinajstić information content (AvgIpc) is 3.27. The molecule has 0 radical (unpaired) electrons. The van der Waals surface area contributed by atoms with Gasteiger partial charge in [0.1, 0.15) is 6.61 Å². The SMILES string of the molecule is CC/C=C\C/C=C\C/C=C\C/C=C\CCCCCCC(=O)OCC(COCCCCCCCCCCCCCCCC)OC(=O)CCCCCCC/C=C\C/C=C\CCCCC. The quantitative estimate of drug-likeness (QED) is 0.0346. The fourth-order valence-corrected chi connectivity index (χ4v) is 7.30. The summed E-state index contributed by atoms with van der Waals surface area (Å²) in [6.45, 7) is 7.67. The normalized spacial score (nSPS) is 12.8. The van der Waals surface area contributed by atoms with E-state index in [0.717, 1.165) is 103 Å². The molecule has 0 bridgehead atoms. The molecule has 0 aromatic carbocycles. The van der Waals surface area contributed by atoms with Crippen molar-refractivity contribution in [3.05, 3.63) is 72.9 Å². The number of rotatable bonds is 48. The Morgan fingerprint density at radius 3 is 1.19 bits per heavy atom. The van der Waals surface area contributed by atoms with E-state index in [1.54, 1.807) is 0 Å². The Morgan fingerprint density at radius 1 is 0.371 bits per heavy atom. The smallest absolute Gasteiger partial charge is 0.306 e. The van der Waals surface area contributed by atoms with Crippen LogP contribution in [0.15, 0.2) is 72.9 Å². The van der Waals surface area contributed by atoms with E-state index in [4.69, 9.17) is 14.2 Å². The van der Waals surface area contributed by atoms with Crippen molar-refractivity contribution in [3.63, 3.8) is 0 Å². The lowest BCUT2D eigenvalue weighted by Crippen LogP contribution is -2.30. The molecule has 0 N–H and O–H groups in total. The van der Waals surface area contributed by atoms with Crippen LogP contribution in [0.2, 0.25) is 0 Å². The molecule has 0 aliphatic rings. The largest absolute Gasteiger partial charge is 0.462 e. The Balaban J connectivity index is 4.33. The van der Waals surface area contributed by atoms with Crippen LogP contribution in [0, 0.1) is 0 Å². The van der Waals surface area contributed by atoms with E-state index in [-0.39, 0.29) is 25.2 Å². The second-order valence-electron chi connectivity index (χ2n) is 17.4. The van der Waals surface area contributed by atoms with Crippen LogP contribution in [0.25, 0.3) is 0 Å². The summed E-state index contributed by atoms with van der Waals surface area (Å²) in [5.74, 6) is -0.434. The summed E-state index contributed by atoms with van der Waals surface area (Å²) in [5, 5.41) is 0. The summed E-state index contributed by atoms with van der Waals surface area (Å²) in [5.41, 5.74) is 0. The molecule has 0 saturated carbocycles. The van der Waals surface area contributed by atoms with Crippen LogP contribution < -0.4 is 0 Å². The molecule has 1 unspecified atom stereocenters. The summed E-state index contributed by atoms with van der Waals surface area (Å²) in [4.78, 5) is 25.4. The van der Waals surface area contributed by atoms with Gasteiger partial charge < -0.3 is 14.2 Å². The van der Waals surface area contributed by atoms with Gasteiger partial charge in [-0.3, -0.25) is 9.59 Å². The number of unbranched alkanes of at least 4 members (excludes halogenated alkanes) is 25. The Kier molecular flexibility index (Phi) is 50.4. The number of hydrogen-bond acceptors (Lipinski definition) is 5. The molecular formula is C57H100O5. The van der Waals surface area contributed by atoms with Gasteiger partial charge in [-0.15, -0.1) is 0 Å². The second-order valence-corrected chi connectivity index (χ2v) is 17.4. The molecule has 0 amide bonds. The molecule has 358 valence electrons. The van der Waals surface area contributed by atoms with Crippen molar-refractivity contribution in [2.45, 2.75) is 258 Å². The van der Waals surface area contributed by atoms with E-state index < -0.39 is 6.10 Å². The third-order valence-corrected chi connectivity index (χ3v) is 11.2. The molecule has 0 fully saturated rings. The fraction of sp³-hybridized carbons (Fsp3) is 0.754. The maximum atomic E-state index is 12.8. The van der Waals surface area contributed by atoms with E-state index in [1.807, 2.05) is 0 Å². The summed E-state index contributed by atoms with van der Waals surface area (Å²) < 4.78 is 17.4. The van der Waals surface area contributed by atoms with E-state index in [0.29, 0.717) is 19.4 Å². The Hall–Kier alpha value is -2.66. The number of ether oxygens (including phenoxy) is 3. The van der Waals surface area contributed by atoms with Gasteiger partial charge in [0.25, 0.3) is 0 Å². The Labute approximate surface area is 385 Å². The van der Waals surface area contributed by atoms with Crippen LogP contribution in [0.3, 0.4) is 0 Å². The van der Waals surface area contributed by atoms with Gasteiger partial charge in [-0.1, -0.05) is 222 Å². The fourth-order valence-electron chi connectivity index (χ4n) is 7.30. The summed E-state index contributed by atoms with van der Waals surface area (Å²) in [7, 11) is 0. The number of esters is 2. The molecule has 0 heterocycles. The zero-order chi connectivity index (χ0) is 44.9. The van der Waals surface area contributed by atoms with Gasteiger partial charge in [0.05, 0.1) is 6.61 Å². The molecule has 1 atom stereocenters. The predicted octanol–water partition coefficient (Wildman–Crippen LogP) is 17.9. The summed E-state index contributed by atoms with van der Waals surface area (Å²) in [6, 6.07) is 0. The van der Waals surface area contributed by atoms with E-state index in [1.165, 1.54) is 116 Å². The van der Waals surface area contributed by atoms with E-state index in [2.05, 4.69) is 93.7 Å². The van der Waals surface area contributed by atoms with Crippen LogP contribution >= 0.6 is 0 Å². The molecule has 0 rings (SSSR count). The predicted molar refractivity (Wildman–Crippen MR) is 270 cm³/mol. The molecule has 5 heteroatoms. The second kappa shape index (κ2) is 52.7. The summed E-state index contributed by atoms with van der Waals surface area (Å²) in [6.07, 6.45) is 67.6. The molecule has 62 heavy (non-hydrogen) atoms. The summed E-state index contributed by atoms with van der Waals surface area (Å²) >= 11 is 0. The van der Waals surface area contributed by atoms with Crippen LogP contribution in [0.1, 0.15) is 252 Å². The maximum Gasteiger partial charge on any atom is 0.306 e. The van der Waals surface area contributed by atoms with E-state index >= 15 is 0 Å². The Bertz CT molecular complexity index is 1110. The maximum absolute atomic E-state index is 12.8. The topological polar surface area (TPSA) is 61.8 Å². The average molecular weight is 865 g/mol. The molecule has 5 nitrogen and oxygen atoms in total. The molecule has 0 aromatic rings. The monoisotopic (exact) mass is 865 g/mol. The highest BCUT2D eigenvalue weighted by atomic mass is 16.6. The lowest BCUT2D eigenvalue weighted by atomic mass is 10.0. The molecule has 0 aromatic heterocycles. The molecule has 0 aliphatic carbocycles. The third kappa shape index (κ3) is 50.0. The minimum absolute atomic E-state index is 0.0668. The zero-order valence-corrected chi connectivity index (χ0v) is 41.1. The van der Waals surface area contributed by atoms with Crippen molar-refractivity contribution < 1.29 is 23.8 Å². The first kappa shape index (κ1) is 59.3. The third-order valence-electron chi connectivity index (χ3n) is 11.2. The van der Waals surface area contributed by atoms with Crippen LogP contribution in [-0.4, -0.2) is 37.9 Å². The van der Waals surface area contributed by atoms with Crippen molar-refractivity contribution >= 4 is 11.9 Å². The molecule has 0 aliphatic heterocycles. The van der Waals surface area contributed by atoms with Crippen molar-refractivity contribution in [2.75, 3.05) is 19.8 Å². The standard InChI is InChI=1S/C57H100O5/c1-4-7-10-13-16-19-22-25-28-29-31-32-35-38-41-44-47-50-56(58)61-54-55(53-60-52-49-46-43-40-37-34-27-24-21-18-15-12-9-6-3)62-57(59)51-48-45-42-39-36-33-30-26-23-20-17-14-11-8-5-2/h7,10,16-17,19-20,25-26,28,30-32,55H,4-6,8-9,11-15,18,21-24,27,29,33-54H2,1-3H3/b10-7-,19-16-,20-17-,28-25-,30-26-,32-31-. The van der Waals surface area contributed by atoms with Gasteiger partial charge in [-0.05, 0) is 89.9 Å². The number of allylic oxidation sites excluding steroid dienone is 12. The Morgan fingerprint density at radius 2 is 0.726 bits per heavy atom. The van der Waals surface area contributed by atoms with E-state index in [9.17, 15) is 9.59 Å². The van der Waals surface area contributed by atoms with Gasteiger partial charge in [-0.2, -0.15) is 0 Å². The number of carbonyl (C=O) groups excluding carboxylic acids is 2. The highest BCUT2D eigenvalue weighted by Crippen LogP contribution is 2.14.